The third-order valence-electron chi connectivity index (χ3n) is 2.83. The van der Waals surface area contributed by atoms with E-state index in [0.29, 0.717) is 12.2 Å². The maximum atomic E-state index is 12.1. The molecule has 0 aliphatic rings. The van der Waals surface area contributed by atoms with Gasteiger partial charge in [0, 0.05) is 12.1 Å². The Morgan fingerprint density at radius 2 is 2.14 bits per heavy atom. The lowest BCUT2D eigenvalue weighted by molar-refractivity contribution is -0.274. The van der Waals surface area contributed by atoms with E-state index in [2.05, 4.69) is 26.0 Å². The first-order valence-corrected chi connectivity index (χ1v) is 7.09. The number of halogens is 4. The molecule has 0 aliphatic heterocycles. The highest BCUT2D eigenvalue weighted by Crippen LogP contribution is 2.32. The number of nitrogens with one attached hydrogen (secondary N) is 1. The molecule has 1 aromatic carbocycles. The smallest absolute Gasteiger partial charge is 0.405 e. The van der Waals surface area contributed by atoms with Crippen LogP contribution >= 0.6 is 15.9 Å². The fourth-order valence-electron chi connectivity index (χ4n) is 1.65. The molecule has 0 saturated heterocycles. The third-order valence-corrected chi connectivity index (χ3v) is 3.45. The number of nitrogens with two attached hydrogens (primary N) is 1. The van der Waals surface area contributed by atoms with Gasteiger partial charge in [-0.25, -0.2) is 0 Å². The van der Waals surface area contributed by atoms with E-state index >= 15 is 0 Å². The van der Waals surface area contributed by atoms with Gasteiger partial charge in [-0.3, -0.25) is 4.79 Å². The highest BCUT2D eigenvalue weighted by molar-refractivity contribution is 9.10. The van der Waals surface area contributed by atoms with Gasteiger partial charge in [0.1, 0.15) is 5.75 Å². The number of amides is 1. The molecular formula is C13H16BrF3N2O2. The van der Waals surface area contributed by atoms with Gasteiger partial charge in [0.05, 0.1) is 4.47 Å². The minimum absolute atomic E-state index is 0.0845. The summed E-state index contributed by atoms with van der Waals surface area (Å²) in [5.41, 5.74) is 5.90. The zero-order valence-electron chi connectivity index (χ0n) is 11.3. The Labute approximate surface area is 129 Å². The van der Waals surface area contributed by atoms with Gasteiger partial charge in [-0.1, -0.05) is 13.3 Å². The van der Waals surface area contributed by atoms with Crippen molar-refractivity contribution in [1.29, 1.82) is 0 Å². The molecule has 0 heterocycles. The molecule has 118 valence electrons. The van der Waals surface area contributed by atoms with Crippen LogP contribution in [0, 0.1) is 5.92 Å². The number of alkyl halides is 3. The van der Waals surface area contributed by atoms with Gasteiger partial charge in [-0.2, -0.15) is 0 Å². The normalized spacial score (nSPS) is 12.9. The molecule has 0 radical (unpaired) electrons. The van der Waals surface area contributed by atoms with Crippen molar-refractivity contribution in [3.63, 3.8) is 0 Å². The summed E-state index contributed by atoms with van der Waals surface area (Å²) in [6.45, 7) is 2.34. The lowest BCUT2D eigenvalue weighted by Crippen LogP contribution is -2.21. The second-order valence-corrected chi connectivity index (χ2v) is 5.31. The lowest BCUT2D eigenvalue weighted by atomic mass is 10.0. The molecule has 1 unspecified atom stereocenters. The van der Waals surface area contributed by atoms with Gasteiger partial charge in [-0.15, -0.1) is 13.2 Å². The molecule has 1 amide bonds. The van der Waals surface area contributed by atoms with Crippen molar-refractivity contribution in [2.45, 2.75) is 26.1 Å². The number of ether oxygens (including phenoxy) is 1. The molecule has 21 heavy (non-hydrogen) atoms. The van der Waals surface area contributed by atoms with Crippen molar-refractivity contribution in [2.24, 2.45) is 11.7 Å². The van der Waals surface area contributed by atoms with Crippen LogP contribution in [0.4, 0.5) is 18.9 Å². The number of hydrogen-bond acceptors (Lipinski definition) is 3. The quantitative estimate of drug-likeness (QED) is 0.805. The van der Waals surface area contributed by atoms with E-state index in [9.17, 15) is 18.0 Å². The molecule has 0 aromatic heterocycles. The fraction of sp³-hybridized carbons (Fsp3) is 0.462. The highest BCUT2D eigenvalue weighted by atomic mass is 79.9. The van der Waals surface area contributed by atoms with E-state index < -0.39 is 6.36 Å². The Morgan fingerprint density at radius 3 is 2.62 bits per heavy atom. The van der Waals surface area contributed by atoms with Crippen LogP contribution in [-0.2, 0) is 4.79 Å². The van der Waals surface area contributed by atoms with Crippen molar-refractivity contribution >= 4 is 27.5 Å². The van der Waals surface area contributed by atoms with Gasteiger partial charge in [0.15, 0.2) is 0 Å². The zero-order chi connectivity index (χ0) is 16.0. The first kappa shape index (κ1) is 17.8. The van der Waals surface area contributed by atoms with E-state index in [0.717, 1.165) is 12.5 Å². The van der Waals surface area contributed by atoms with Crippen LogP contribution in [-0.4, -0.2) is 18.8 Å². The highest BCUT2D eigenvalue weighted by Gasteiger charge is 2.31. The molecule has 1 atom stereocenters. The topological polar surface area (TPSA) is 64.4 Å². The Bertz CT molecular complexity index is 491. The van der Waals surface area contributed by atoms with Crippen LogP contribution in [0.25, 0.3) is 0 Å². The van der Waals surface area contributed by atoms with Gasteiger partial charge < -0.3 is 15.8 Å². The van der Waals surface area contributed by atoms with Crippen LogP contribution in [0.2, 0.25) is 0 Å². The van der Waals surface area contributed by atoms with E-state index in [-0.39, 0.29) is 28.5 Å². The van der Waals surface area contributed by atoms with Crippen molar-refractivity contribution in [1.82, 2.24) is 0 Å². The lowest BCUT2D eigenvalue weighted by Gasteiger charge is -2.14. The summed E-state index contributed by atoms with van der Waals surface area (Å²) in [5, 5.41) is 2.61. The Balaban J connectivity index is 2.69. The average molecular weight is 369 g/mol. The van der Waals surface area contributed by atoms with Gasteiger partial charge in [-0.05, 0) is 46.6 Å². The van der Waals surface area contributed by atoms with Crippen LogP contribution in [0.3, 0.4) is 0 Å². The molecule has 0 fully saturated rings. The number of anilines is 1. The van der Waals surface area contributed by atoms with E-state index in [1.54, 1.807) is 0 Å². The molecule has 1 aromatic rings. The first-order chi connectivity index (χ1) is 9.75. The number of carbonyl (C=O) groups is 1. The number of benzene rings is 1. The van der Waals surface area contributed by atoms with E-state index in [1.807, 2.05) is 6.92 Å². The van der Waals surface area contributed by atoms with Gasteiger partial charge in [0.2, 0.25) is 5.91 Å². The Morgan fingerprint density at radius 1 is 1.48 bits per heavy atom. The standard InChI is InChI=1S/C13H16BrF3N2O2/c1-2-8(7-18)5-12(20)19-9-3-4-11(10(14)6-9)21-13(15,16)17/h3-4,6,8H,2,5,7,18H2,1H3,(H,19,20). The molecule has 0 spiro atoms. The second kappa shape index (κ2) is 7.65. The summed E-state index contributed by atoms with van der Waals surface area (Å²) in [6, 6.07) is 3.82. The largest absolute Gasteiger partial charge is 0.573 e. The minimum Gasteiger partial charge on any atom is -0.405 e. The molecule has 0 bridgehead atoms. The van der Waals surface area contributed by atoms with Crippen LogP contribution in [0.5, 0.6) is 5.75 Å². The second-order valence-electron chi connectivity index (χ2n) is 4.46. The number of hydrogen-bond donors (Lipinski definition) is 2. The predicted molar refractivity (Wildman–Crippen MR) is 76.9 cm³/mol. The van der Waals surface area contributed by atoms with Crippen LogP contribution < -0.4 is 15.8 Å². The SMILES string of the molecule is CCC(CN)CC(=O)Nc1ccc(OC(F)(F)F)c(Br)c1. The van der Waals surface area contributed by atoms with Crippen LogP contribution in [0.15, 0.2) is 22.7 Å². The van der Waals surface area contributed by atoms with Gasteiger partial charge in [0.25, 0.3) is 0 Å². The molecule has 0 saturated carbocycles. The molecular weight excluding hydrogens is 353 g/mol. The monoisotopic (exact) mass is 368 g/mol. The number of carbonyl (C=O) groups excluding carboxylic acids is 1. The fourth-order valence-corrected chi connectivity index (χ4v) is 2.11. The summed E-state index contributed by atoms with van der Waals surface area (Å²) < 4.78 is 40.3. The third kappa shape index (κ3) is 6.34. The summed E-state index contributed by atoms with van der Waals surface area (Å²) in [7, 11) is 0. The summed E-state index contributed by atoms with van der Waals surface area (Å²) in [6.07, 6.45) is -3.71. The Kier molecular flexibility index (Phi) is 6.47. The maximum Gasteiger partial charge on any atom is 0.573 e. The van der Waals surface area contributed by atoms with Crippen LogP contribution in [0.1, 0.15) is 19.8 Å². The average Bonchev–Trinajstić information content (AvgIpc) is 2.38. The van der Waals surface area contributed by atoms with Crippen molar-refractivity contribution in [3.05, 3.63) is 22.7 Å². The van der Waals surface area contributed by atoms with Crippen molar-refractivity contribution < 1.29 is 22.7 Å². The first-order valence-electron chi connectivity index (χ1n) is 6.30. The molecule has 3 N–H and O–H groups in total. The summed E-state index contributed by atoms with van der Waals surface area (Å²) in [5.74, 6) is -0.515. The van der Waals surface area contributed by atoms with E-state index in [4.69, 9.17) is 5.73 Å². The molecule has 0 aliphatic carbocycles. The maximum absolute atomic E-state index is 12.1. The van der Waals surface area contributed by atoms with Gasteiger partial charge >= 0.3 is 6.36 Å². The van der Waals surface area contributed by atoms with Crippen molar-refractivity contribution in [3.8, 4) is 5.75 Å². The minimum atomic E-state index is -4.76. The molecule has 4 nitrogen and oxygen atoms in total. The van der Waals surface area contributed by atoms with Crippen molar-refractivity contribution in [2.75, 3.05) is 11.9 Å². The number of rotatable bonds is 6. The molecule has 8 heteroatoms. The summed E-state index contributed by atoms with van der Waals surface area (Å²) >= 11 is 2.97. The zero-order valence-corrected chi connectivity index (χ0v) is 12.9. The predicted octanol–water partition coefficient (Wildman–Crippen LogP) is 3.66. The molecule has 1 rings (SSSR count). The summed E-state index contributed by atoms with van der Waals surface area (Å²) in [4.78, 5) is 11.8. The van der Waals surface area contributed by atoms with E-state index in [1.165, 1.54) is 12.1 Å². The Hall–Kier alpha value is -1.28.